The van der Waals surface area contributed by atoms with Crippen molar-refractivity contribution in [1.82, 2.24) is 10.2 Å². The Kier molecular flexibility index (Phi) is 2.61. The number of hydrogen-bond donors (Lipinski definition) is 2. The standard InChI is InChI=1S/C15H11N3S2/c16-15-13(11-6-3-7-19-11)14(17-18-15)12-8-9-4-1-2-5-10(9)20-12/h1-8H,(H3,16,17,18). The average molecular weight is 297 g/mol. The Morgan fingerprint density at radius 3 is 2.75 bits per heavy atom. The molecular weight excluding hydrogens is 286 g/mol. The van der Waals surface area contributed by atoms with Gasteiger partial charge in [-0.2, -0.15) is 5.10 Å². The number of hydrogen-bond acceptors (Lipinski definition) is 4. The molecule has 3 heterocycles. The van der Waals surface area contributed by atoms with Crippen molar-refractivity contribution in [3.05, 3.63) is 47.8 Å². The maximum atomic E-state index is 6.03. The van der Waals surface area contributed by atoms with Crippen LogP contribution in [0, 0.1) is 0 Å². The molecule has 0 atom stereocenters. The summed E-state index contributed by atoms with van der Waals surface area (Å²) in [6, 6.07) is 14.7. The summed E-state index contributed by atoms with van der Waals surface area (Å²) >= 11 is 3.43. The summed E-state index contributed by atoms with van der Waals surface area (Å²) in [5, 5.41) is 10.6. The van der Waals surface area contributed by atoms with Crippen molar-refractivity contribution in [2.45, 2.75) is 0 Å². The molecule has 1 aromatic carbocycles. The van der Waals surface area contributed by atoms with Gasteiger partial charge < -0.3 is 5.73 Å². The van der Waals surface area contributed by atoms with Crippen molar-refractivity contribution >= 4 is 38.6 Å². The van der Waals surface area contributed by atoms with Gasteiger partial charge in [-0.1, -0.05) is 24.3 Å². The molecule has 20 heavy (non-hydrogen) atoms. The molecule has 0 amide bonds. The predicted octanol–water partition coefficient (Wildman–Crippen LogP) is 4.60. The first-order valence-electron chi connectivity index (χ1n) is 6.19. The number of H-pyrrole nitrogens is 1. The fraction of sp³-hybridized carbons (Fsp3) is 0. The predicted molar refractivity (Wildman–Crippen MR) is 87.1 cm³/mol. The number of nitrogens with two attached hydrogens (primary N) is 1. The molecule has 0 aliphatic carbocycles. The lowest BCUT2D eigenvalue weighted by Gasteiger charge is -1.98. The first-order valence-corrected chi connectivity index (χ1v) is 7.89. The van der Waals surface area contributed by atoms with Gasteiger partial charge in [0.1, 0.15) is 0 Å². The number of nitrogens with zero attached hydrogens (tertiary/aromatic N) is 1. The van der Waals surface area contributed by atoms with Crippen LogP contribution in [0.3, 0.4) is 0 Å². The van der Waals surface area contributed by atoms with Crippen LogP contribution in [-0.2, 0) is 0 Å². The van der Waals surface area contributed by atoms with Crippen LogP contribution in [-0.4, -0.2) is 10.2 Å². The molecule has 3 nitrogen and oxygen atoms in total. The normalized spacial score (nSPS) is 11.2. The van der Waals surface area contributed by atoms with E-state index in [-0.39, 0.29) is 0 Å². The monoisotopic (exact) mass is 297 g/mol. The number of fused-ring (bicyclic) bond motifs is 1. The number of aromatic amines is 1. The SMILES string of the molecule is Nc1n[nH]c(-c2cc3ccccc3s2)c1-c1cccs1. The second kappa shape index (κ2) is 4.47. The zero-order valence-electron chi connectivity index (χ0n) is 10.5. The summed E-state index contributed by atoms with van der Waals surface area (Å²) in [5.74, 6) is 0.555. The van der Waals surface area contributed by atoms with Gasteiger partial charge in [-0.25, -0.2) is 0 Å². The van der Waals surface area contributed by atoms with Gasteiger partial charge in [0.05, 0.1) is 16.1 Å². The molecule has 98 valence electrons. The molecule has 4 rings (SSSR count). The fourth-order valence-electron chi connectivity index (χ4n) is 2.31. The molecule has 0 spiro atoms. The van der Waals surface area contributed by atoms with E-state index in [9.17, 15) is 0 Å². The second-order valence-electron chi connectivity index (χ2n) is 4.48. The Labute approximate surface area is 123 Å². The second-order valence-corrected chi connectivity index (χ2v) is 6.52. The van der Waals surface area contributed by atoms with Crippen LogP contribution >= 0.6 is 22.7 Å². The van der Waals surface area contributed by atoms with Crippen molar-refractivity contribution in [3.8, 4) is 21.0 Å². The van der Waals surface area contributed by atoms with Crippen LogP contribution < -0.4 is 5.73 Å². The number of thiophene rings is 2. The van der Waals surface area contributed by atoms with Gasteiger partial charge in [-0.3, -0.25) is 5.10 Å². The Hall–Kier alpha value is -2.11. The Morgan fingerprint density at radius 2 is 1.95 bits per heavy atom. The van der Waals surface area contributed by atoms with Gasteiger partial charge in [0.25, 0.3) is 0 Å². The molecule has 3 aromatic heterocycles. The fourth-order valence-corrected chi connectivity index (χ4v) is 4.16. The number of benzene rings is 1. The smallest absolute Gasteiger partial charge is 0.154 e. The minimum atomic E-state index is 0.555. The van der Waals surface area contributed by atoms with Crippen molar-refractivity contribution < 1.29 is 0 Å². The summed E-state index contributed by atoms with van der Waals surface area (Å²) in [4.78, 5) is 2.31. The maximum absolute atomic E-state index is 6.03. The summed E-state index contributed by atoms with van der Waals surface area (Å²) in [6.45, 7) is 0. The highest BCUT2D eigenvalue weighted by molar-refractivity contribution is 7.22. The van der Waals surface area contributed by atoms with Gasteiger partial charge in [-0.15, -0.1) is 22.7 Å². The van der Waals surface area contributed by atoms with Crippen molar-refractivity contribution in [2.24, 2.45) is 0 Å². The lowest BCUT2D eigenvalue weighted by molar-refractivity contribution is 1.11. The molecule has 5 heteroatoms. The number of rotatable bonds is 2. The number of anilines is 1. The van der Waals surface area contributed by atoms with Crippen LogP contribution in [0.25, 0.3) is 31.1 Å². The van der Waals surface area contributed by atoms with E-state index in [4.69, 9.17) is 5.73 Å². The van der Waals surface area contributed by atoms with Gasteiger partial charge in [0.15, 0.2) is 5.82 Å². The van der Waals surface area contributed by atoms with E-state index in [1.165, 1.54) is 15.0 Å². The summed E-state index contributed by atoms with van der Waals surface area (Å²) in [5.41, 5.74) is 8.04. The lowest BCUT2D eigenvalue weighted by atomic mass is 10.1. The highest BCUT2D eigenvalue weighted by atomic mass is 32.1. The number of nitrogens with one attached hydrogen (secondary N) is 1. The van der Waals surface area contributed by atoms with Crippen LogP contribution in [0.15, 0.2) is 47.8 Å². The number of nitrogen functional groups attached to an aromatic ring is 1. The van der Waals surface area contributed by atoms with Crippen LogP contribution in [0.4, 0.5) is 5.82 Å². The topological polar surface area (TPSA) is 54.7 Å². The molecule has 0 aliphatic heterocycles. The summed E-state index contributed by atoms with van der Waals surface area (Å²) in [6.07, 6.45) is 0. The van der Waals surface area contributed by atoms with Gasteiger partial charge >= 0.3 is 0 Å². The van der Waals surface area contributed by atoms with Gasteiger partial charge in [0.2, 0.25) is 0 Å². The minimum Gasteiger partial charge on any atom is -0.382 e. The lowest BCUT2D eigenvalue weighted by Crippen LogP contribution is -1.86. The molecule has 0 saturated carbocycles. The average Bonchev–Trinajstić information content (AvgIpc) is 3.16. The van der Waals surface area contributed by atoms with E-state index in [0.29, 0.717) is 5.82 Å². The molecule has 0 fully saturated rings. The van der Waals surface area contributed by atoms with Crippen molar-refractivity contribution in [2.75, 3.05) is 5.73 Å². The van der Waals surface area contributed by atoms with Crippen molar-refractivity contribution in [1.29, 1.82) is 0 Å². The van der Waals surface area contributed by atoms with Crippen LogP contribution in [0.2, 0.25) is 0 Å². The summed E-state index contributed by atoms with van der Waals surface area (Å²) < 4.78 is 1.27. The Balaban J connectivity index is 1.95. The molecule has 0 bridgehead atoms. The zero-order chi connectivity index (χ0) is 13.5. The molecule has 4 aromatic rings. The van der Waals surface area contributed by atoms with Gasteiger partial charge in [0, 0.05) is 9.58 Å². The number of aromatic nitrogens is 2. The van der Waals surface area contributed by atoms with E-state index >= 15 is 0 Å². The van der Waals surface area contributed by atoms with Crippen molar-refractivity contribution in [3.63, 3.8) is 0 Å². The summed E-state index contributed by atoms with van der Waals surface area (Å²) in [7, 11) is 0. The quantitative estimate of drug-likeness (QED) is 0.568. The van der Waals surface area contributed by atoms with Crippen LogP contribution in [0.1, 0.15) is 0 Å². The largest absolute Gasteiger partial charge is 0.382 e. The molecule has 0 unspecified atom stereocenters. The first kappa shape index (κ1) is 11.7. The van der Waals surface area contributed by atoms with Crippen LogP contribution in [0.5, 0.6) is 0 Å². The van der Waals surface area contributed by atoms with E-state index in [1.54, 1.807) is 22.7 Å². The first-order chi connectivity index (χ1) is 9.83. The van der Waals surface area contributed by atoms with E-state index < -0.39 is 0 Å². The van der Waals surface area contributed by atoms with E-state index in [0.717, 1.165) is 16.1 Å². The van der Waals surface area contributed by atoms with Gasteiger partial charge in [-0.05, 0) is 29.0 Å². The molecule has 3 N–H and O–H groups in total. The molecule has 0 aliphatic rings. The highest BCUT2D eigenvalue weighted by Crippen LogP contribution is 2.41. The van der Waals surface area contributed by atoms with E-state index in [2.05, 4.69) is 52.0 Å². The third kappa shape index (κ3) is 1.75. The maximum Gasteiger partial charge on any atom is 0.154 e. The Morgan fingerprint density at radius 1 is 1.05 bits per heavy atom. The third-order valence-corrected chi connectivity index (χ3v) is 5.25. The minimum absolute atomic E-state index is 0.555. The highest BCUT2D eigenvalue weighted by Gasteiger charge is 2.17. The Bertz CT molecular complexity index is 839. The zero-order valence-corrected chi connectivity index (χ0v) is 12.1. The molecular formula is C15H11N3S2. The third-order valence-electron chi connectivity index (χ3n) is 3.23. The van der Waals surface area contributed by atoms with E-state index in [1.807, 2.05) is 6.07 Å². The molecule has 0 radical (unpaired) electrons. The molecule has 0 saturated heterocycles.